The minimum atomic E-state index is -3.24. The van der Waals surface area contributed by atoms with Crippen molar-refractivity contribution in [3.05, 3.63) is 0 Å². The topological polar surface area (TPSA) is 52.7 Å². The Balaban J connectivity index is 1.68. The minimum Gasteiger partial charge on any atom is -0.314 e. The summed E-state index contributed by atoms with van der Waals surface area (Å²) in [6.45, 7) is 2.18. The molecule has 106 valence electrons. The largest absolute Gasteiger partial charge is 0.314 e. The molecule has 18 heavy (non-hydrogen) atoms. The maximum atomic E-state index is 12.2. The van der Waals surface area contributed by atoms with Crippen molar-refractivity contribution in [2.45, 2.75) is 38.1 Å². The van der Waals surface area contributed by atoms with Gasteiger partial charge in [-0.3, -0.25) is 0 Å². The summed E-state index contributed by atoms with van der Waals surface area (Å²) in [4.78, 5) is 0. The zero-order valence-corrected chi connectivity index (χ0v) is 12.2. The van der Waals surface area contributed by atoms with Gasteiger partial charge in [-0.25, -0.2) is 0 Å². The molecule has 0 amide bonds. The molecule has 0 radical (unpaired) electrons. The summed E-state index contributed by atoms with van der Waals surface area (Å²) in [6.07, 6.45) is 5.78. The first-order chi connectivity index (χ1) is 8.50. The van der Waals surface area contributed by atoms with Crippen LogP contribution in [0.2, 0.25) is 0 Å². The third kappa shape index (κ3) is 4.19. The van der Waals surface area contributed by atoms with E-state index in [1.54, 1.807) is 14.1 Å². The van der Waals surface area contributed by atoms with Gasteiger partial charge in [-0.05, 0) is 44.6 Å². The van der Waals surface area contributed by atoms with Crippen LogP contribution in [0.1, 0.15) is 32.1 Å². The Bertz CT molecular complexity index is 364. The van der Waals surface area contributed by atoms with Gasteiger partial charge in [-0.1, -0.05) is 0 Å². The first kappa shape index (κ1) is 14.2. The molecule has 0 aliphatic heterocycles. The predicted molar refractivity (Wildman–Crippen MR) is 72.5 cm³/mol. The first-order valence-corrected chi connectivity index (χ1v) is 8.31. The molecule has 0 aromatic rings. The molecule has 0 aromatic heterocycles. The van der Waals surface area contributed by atoms with Crippen LogP contribution < -0.4 is 5.32 Å². The third-order valence-corrected chi connectivity index (χ3v) is 5.57. The third-order valence-electron chi connectivity index (χ3n) is 3.66. The molecule has 0 unspecified atom stereocenters. The van der Waals surface area contributed by atoms with Crippen LogP contribution in [0.4, 0.5) is 0 Å². The SMILES string of the molecule is CN(CCCNC1CC1)S(=O)(=O)N(C)CC1CC1. The number of rotatable bonds is 9. The average Bonchev–Trinajstić information content (AvgIpc) is 3.17. The van der Waals surface area contributed by atoms with E-state index in [0.717, 1.165) is 13.0 Å². The van der Waals surface area contributed by atoms with Crippen molar-refractivity contribution in [1.29, 1.82) is 0 Å². The monoisotopic (exact) mass is 275 g/mol. The molecule has 0 bridgehead atoms. The summed E-state index contributed by atoms with van der Waals surface area (Å²) >= 11 is 0. The maximum absolute atomic E-state index is 12.2. The normalized spacial score (nSPS) is 20.9. The van der Waals surface area contributed by atoms with E-state index in [-0.39, 0.29) is 0 Å². The molecule has 0 heterocycles. The van der Waals surface area contributed by atoms with Crippen molar-refractivity contribution in [2.24, 2.45) is 5.92 Å². The van der Waals surface area contributed by atoms with Crippen molar-refractivity contribution in [3.8, 4) is 0 Å². The second-order valence-electron chi connectivity index (χ2n) is 5.64. The van der Waals surface area contributed by atoms with Gasteiger partial charge in [0.05, 0.1) is 0 Å². The highest BCUT2D eigenvalue weighted by atomic mass is 32.2. The highest BCUT2D eigenvalue weighted by Crippen LogP contribution is 2.30. The Morgan fingerprint density at radius 2 is 1.78 bits per heavy atom. The van der Waals surface area contributed by atoms with Crippen LogP contribution in [0.3, 0.4) is 0 Å². The second kappa shape index (κ2) is 5.86. The first-order valence-electron chi connectivity index (χ1n) is 6.91. The molecule has 5 nitrogen and oxygen atoms in total. The molecule has 2 fully saturated rings. The highest BCUT2D eigenvalue weighted by molar-refractivity contribution is 7.86. The fourth-order valence-corrected chi connectivity index (χ4v) is 3.24. The van der Waals surface area contributed by atoms with E-state index in [0.29, 0.717) is 25.0 Å². The van der Waals surface area contributed by atoms with Crippen LogP contribution >= 0.6 is 0 Å². The molecular weight excluding hydrogens is 250 g/mol. The van der Waals surface area contributed by atoms with E-state index in [1.807, 2.05) is 0 Å². The van der Waals surface area contributed by atoms with Gasteiger partial charge >= 0.3 is 0 Å². The van der Waals surface area contributed by atoms with E-state index < -0.39 is 10.2 Å². The lowest BCUT2D eigenvalue weighted by Gasteiger charge is -2.24. The van der Waals surface area contributed by atoms with Crippen molar-refractivity contribution in [1.82, 2.24) is 13.9 Å². The van der Waals surface area contributed by atoms with Crippen LogP contribution in [0.15, 0.2) is 0 Å². The number of nitrogens with one attached hydrogen (secondary N) is 1. The van der Waals surface area contributed by atoms with Gasteiger partial charge in [-0.2, -0.15) is 17.0 Å². The lowest BCUT2D eigenvalue weighted by Crippen LogP contribution is -2.41. The average molecular weight is 275 g/mol. The molecular formula is C12H25N3O2S. The summed E-state index contributed by atoms with van der Waals surface area (Å²) in [5, 5.41) is 3.40. The van der Waals surface area contributed by atoms with Gasteiger partial charge in [0.25, 0.3) is 10.2 Å². The smallest absolute Gasteiger partial charge is 0.281 e. The van der Waals surface area contributed by atoms with Gasteiger partial charge in [0.2, 0.25) is 0 Å². The summed E-state index contributed by atoms with van der Waals surface area (Å²) in [6, 6.07) is 0.699. The molecule has 1 N–H and O–H groups in total. The van der Waals surface area contributed by atoms with Crippen molar-refractivity contribution in [3.63, 3.8) is 0 Å². The lowest BCUT2D eigenvalue weighted by atomic mass is 10.4. The lowest BCUT2D eigenvalue weighted by molar-refractivity contribution is 0.379. The zero-order valence-electron chi connectivity index (χ0n) is 11.4. The standard InChI is InChI=1S/C12H25N3O2S/c1-14(9-3-8-13-12-6-7-12)18(16,17)15(2)10-11-4-5-11/h11-13H,3-10H2,1-2H3. The molecule has 6 heteroatoms. The Hall–Kier alpha value is -0.170. The number of hydrogen-bond acceptors (Lipinski definition) is 3. The summed E-state index contributed by atoms with van der Waals surface area (Å²) in [5.41, 5.74) is 0. The van der Waals surface area contributed by atoms with Crippen LogP contribution in [0.25, 0.3) is 0 Å². The van der Waals surface area contributed by atoms with Gasteiger partial charge < -0.3 is 5.32 Å². The Kier molecular flexibility index (Phi) is 4.64. The Morgan fingerprint density at radius 1 is 1.11 bits per heavy atom. The van der Waals surface area contributed by atoms with Crippen LogP contribution in [-0.4, -0.2) is 56.8 Å². The van der Waals surface area contributed by atoms with E-state index >= 15 is 0 Å². The van der Waals surface area contributed by atoms with Gasteiger partial charge in [0.15, 0.2) is 0 Å². The van der Waals surface area contributed by atoms with Gasteiger partial charge in [-0.15, -0.1) is 0 Å². The molecule has 0 aromatic carbocycles. The van der Waals surface area contributed by atoms with Crippen molar-refractivity contribution in [2.75, 3.05) is 33.7 Å². The van der Waals surface area contributed by atoms with Crippen molar-refractivity contribution < 1.29 is 8.42 Å². The Labute approximate surface area is 111 Å². The Morgan fingerprint density at radius 3 is 2.33 bits per heavy atom. The van der Waals surface area contributed by atoms with Crippen molar-refractivity contribution >= 4 is 10.2 Å². The van der Waals surface area contributed by atoms with Gasteiger partial charge in [0, 0.05) is 33.2 Å². The number of nitrogens with zero attached hydrogens (tertiary/aromatic N) is 2. The summed E-state index contributed by atoms with van der Waals surface area (Å²) in [7, 11) is 0.123. The molecule has 0 atom stereocenters. The van der Waals surface area contributed by atoms with E-state index in [2.05, 4.69) is 5.32 Å². The quantitative estimate of drug-likeness (QED) is 0.629. The van der Waals surface area contributed by atoms with Crippen LogP contribution in [-0.2, 0) is 10.2 Å². The number of hydrogen-bond donors (Lipinski definition) is 1. The maximum Gasteiger partial charge on any atom is 0.281 e. The van der Waals surface area contributed by atoms with Crippen LogP contribution in [0.5, 0.6) is 0 Å². The highest BCUT2D eigenvalue weighted by Gasteiger charge is 2.30. The minimum absolute atomic E-state index is 0.592. The van der Waals surface area contributed by atoms with Gasteiger partial charge in [0.1, 0.15) is 0 Å². The molecule has 0 saturated heterocycles. The summed E-state index contributed by atoms with van der Waals surface area (Å²) in [5.74, 6) is 0.592. The molecule has 2 aliphatic carbocycles. The van der Waals surface area contributed by atoms with E-state index in [9.17, 15) is 8.42 Å². The van der Waals surface area contributed by atoms with E-state index in [4.69, 9.17) is 0 Å². The molecule has 2 aliphatic rings. The predicted octanol–water partition coefficient (Wildman–Crippen LogP) is 0.647. The van der Waals surface area contributed by atoms with Crippen LogP contribution in [0, 0.1) is 5.92 Å². The van der Waals surface area contributed by atoms with E-state index in [1.165, 1.54) is 34.3 Å². The molecule has 2 rings (SSSR count). The summed E-state index contributed by atoms with van der Waals surface area (Å²) < 4.78 is 27.3. The fraction of sp³-hybridized carbons (Fsp3) is 1.00. The molecule has 2 saturated carbocycles. The zero-order chi connectivity index (χ0) is 13.2. The molecule has 0 spiro atoms. The second-order valence-corrected chi connectivity index (χ2v) is 7.78. The fourth-order valence-electron chi connectivity index (χ4n) is 2.01.